The molecule has 3 aromatic rings. The van der Waals surface area contributed by atoms with E-state index in [0.717, 1.165) is 12.0 Å². The van der Waals surface area contributed by atoms with Crippen LogP contribution in [-0.2, 0) is 6.42 Å². The molecule has 0 aliphatic heterocycles. The van der Waals surface area contributed by atoms with Crippen LogP contribution in [0.4, 0.5) is 5.69 Å². The highest BCUT2D eigenvalue weighted by atomic mass is 16.6. The van der Waals surface area contributed by atoms with Crippen LogP contribution < -0.4 is 10.7 Å². The van der Waals surface area contributed by atoms with Gasteiger partial charge in [-0.05, 0) is 37.5 Å². The second kappa shape index (κ2) is 8.69. The summed E-state index contributed by atoms with van der Waals surface area (Å²) in [6.07, 6.45) is 0.916. The van der Waals surface area contributed by atoms with Crippen LogP contribution in [0.25, 0.3) is 5.69 Å². The minimum atomic E-state index is -0.639. The molecule has 1 heterocycles. The molecular weight excluding hydrogens is 384 g/mol. The van der Waals surface area contributed by atoms with E-state index < -0.39 is 16.3 Å². The number of nitro benzene ring substituents is 1. The van der Waals surface area contributed by atoms with Gasteiger partial charge in [-0.15, -0.1) is 0 Å². The van der Waals surface area contributed by atoms with Crippen LogP contribution in [0.2, 0.25) is 0 Å². The molecule has 30 heavy (non-hydrogen) atoms. The van der Waals surface area contributed by atoms with Gasteiger partial charge in [0.1, 0.15) is 5.69 Å². The van der Waals surface area contributed by atoms with Gasteiger partial charge in [-0.25, -0.2) is 4.68 Å². The molecule has 2 aromatic carbocycles. The molecule has 3 rings (SSSR count). The maximum atomic E-state index is 12.8. The van der Waals surface area contributed by atoms with Gasteiger partial charge in [0, 0.05) is 17.8 Å². The van der Waals surface area contributed by atoms with Crippen molar-refractivity contribution >= 4 is 11.6 Å². The maximum Gasteiger partial charge on any atom is 0.294 e. The minimum absolute atomic E-state index is 0.174. The zero-order chi connectivity index (χ0) is 21.8. The van der Waals surface area contributed by atoms with Crippen molar-refractivity contribution in [1.29, 1.82) is 0 Å². The largest absolute Gasteiger partial charge is 0.344 e. The molecule has 0 spiro atoms. The molecule has 0 aliphatic rings. The monoisotopic (exact) mass is 406 g/mol. The average molecular weight is 406 g/mol. The Morgan fingerprint density at radius 3 is 2.50 bits per heavy atom. The van der Waals surface area contributed by atoms with E-state index >= 15 is 0 Å². The summed E-state index contributed by atoms with van der Waals surface area (Å²) in [4.78, 5) is 36.0. The first kappa shape index (κ1) is 20.9. The van der Waals surface area contributed by atoms with Gasteiger partial charge >= 0.3 is 0 Å². The van der Waals surface area contributed by atoms with Gasteiger partial charge in [-0.3, -0.25) is 19.7 Å². The van der Waals surface area contributed by atoms with Gasteiger partial charge < -0.3 is 5.32 Å². The Bertz CT molecular complexity index is 1150. The highest BCUT2D eigenvalue weighted by Gasteiger charge is 2.21. The second-order valence-electron chi connectivity index (χ2n) is 6.95. The number of hydrogen-bond donors (Lipinski definition) is 1. The lowest BCUT2D eigenvalue weighted by atomic mass is 10.0. The summed E-state index contributed by atoms with van der Waals surface area (Å²) in [7, 11) is 0. The lowest BCUT2D eigenvalue weighted by Gasteiger charge is -2.15. The number of aromatic nitrogens is 2. The Balaban J connectivity index is 1.94. The molecule has 1 amide bonds. The lowest BCUT2D eigenvalue weighted by Crippen LogP contribution is -2.33. The topological polar surface area (TPSA) is 107 Å². The maximum absolute atomic E-state index is 12.8. The van der Waals surface area contributed by atoms with Crippen LogP contribution in [0.3, 0.4) is 0 Å². The van der Waals surface area contributed by atoms with E-state index in [1.165, 1.54) is 28.4 Å². The van der Waals surface area contributed by atoms with E-state index in [4.69, 9.17) is 0 Å². The van der Waals surface area contributed by atoms with Gasteiger partial charge in [0.25, 0.3) is 11.6 Å². The van der Waals surface area contributed by atoms with E-state index in [9.17, 15) is 19.7 Å². The smallest absolute Gasteiger partial charge is 0.294 e. The normalized spacial score (nSPS) is 11.7. The average Bonchev–Trinajstić information content (AvgIpc) is 2.73. The molecule has 8 heteroatoms. The summed E-state index contributed by atoms with van der Waals surface area (Å²) in [6, 6.07) is 14.8. The van der Waals surface area contributed by atoms with Gasteiger partial charge in [-0.2, -0.15) is 5.10 Å². The molecule has 1 atom stereocenters. The predicted molar refractivity (Wildman–Crippen MR) is 113 cm³/mol. The standard InChI is InChI=1S/C22H22N4O4/c1-4-16-9-11-17(12-10-16)15(3)23-22(28)21-20(27)13-14(2)25(24-21)18-7-5-6-8-19(18)26(29)30/h5-13,15H,4H2,1-3H3,(H,23,28). The Morgan fingerprint density at radius 1 is 1.20 bits per heavy atom. The number of nitrogens with zero attached hydrogens (tertiary/aromatic N) is 3. The number of nitro groups is 1. The summed E-state index contributed by atoms with van der Waals surface area (Å²) >= 11 is 0. The Kier molecular flexibility index (Phi) is 6.06. The first-order valence-corrected chi connectivity index (χ1v) is 9.56. The Hall–Kier alpha value is -3.81. The highest BCUT2D eigenvalue weighted by Crippen LogP contribution is 2.22. The molecule has 1 unspecified atom stereocenters. The fourth-order valence-corrected chi connectivity index (χ4v) is 3.14. The van der Waals surface area contributed by atoms with E-state index in [-0.39, 0.29) is 23.1 Å². The van der Waals surface area contributed by atoms with Crippen molar-refractivity contribution in [2.24, 2.45) is 0 Å². The highest BCUT2D eigenvalue weighted by molar-refractivity contribution is 5.92. The zero-order valence-corrected chi connectivity index (χ0v) is 17.0. The van der Waals surface area contributed by atoms with Crippen molar-refractivity contribution in [3.05, 3.63) is 97.4 Å². The van der Waals surface area contributed by atoms with Crippen molar-refractivity contribution in [1.82, 2.24) is 15.1 Å². The van der Waals surface area contributed by atoms with E-state index in [1.807, 2.05) is 31.2 Å². The third-order valence-corrected chi connectivity index (χ3v) is 4.86. The van der Waals surface area contributed by atoms with Crippen LogP contribution in [-0.4, -0.2) is 20.6 Å². The number of para-hydroxylation sites is 2. The summed E-state index contributed by atoms with van der Waals surface area (Å²) < 4.78 is 1.25. The molecule has 0 aliphatic carbocycles. The van der Waals surface area contributed by atoms with Crippen LogP contribution in [0.1, 0.15) is 47.2 Å². The SMILES string of the molecule is CCc1ccc(C(C)NC(=O)c2nn(-c3ccccc3[N+](=O)[O-])c(C)cc2=O)cc1. The van der Waals surface area contributed by atoms with Crippen molar-refractivity contribution in [3.63, 3.8) is 0 Å². The minimum Gasteiger partial charge on any atom is -0.344 e. The molecular formula is C22H22N4O4. The number of carbonyl (C=O) groups excluding carboxylic acids is 1. The molecule has 1 aromatic heterocycles. The van der Waals surface area contributed by atoms with Gasteiger partial charge in [0.05, 0.1) is 11.0 Å². The number of aryl methyl sites for hydroxylation is 2. The molecule has 8 nitrogen and oxygen atoms in total. The predicted octanol–water partition coefficient (Wildman–Crippen LogP) is 3.50. The fourth-order valence-electron chi connectivity index (χ4n) is 3.14. The second-order valence-corrected chi connectivity index (χ2v) is 6.95. The number of amides is 1. The number of nitrogens with one attached hydrogen (secondary N) is 1. The molecule has 0 bridgehead atoms. The van der Waals surface area contributed by atoms with Crippen molar-refractivity contribution < 1.29 is 9.72 Å². The molecule has 0 saturated heterocycles. The van der Waals surface area contributed by atoms with Gasteiger partial charge in [-0.1, -0.05) is 43.3 Å². The third kappa shape index (κ3) is 4.27. The summed E-state index contributed by atoms with van der Waals surface area (Å²) in [5, 5.41) is 18.3. The summed E-state index contributed by atoms with van der Waals surface area (Å²) in [6.45, 7) is 5.48. The fraction of sp³-hybridized carbons (Fsp3) is 0.227. The number of carbonyl (C=O) groups is 1. The lowest BCUT2D eigenvalue weighted by molar-refractivity contribution is -0.384. The van der Waals surface area contributed by atoms with Crippen molar-refractivity contribution in [3.8, 4) is 5.69 Å². The molecule has 0 radical (unpaired) electrons. The van der Waals surface area contributed by atoms with E-state index in [0.29, 0.717) is 5.69 Å². The first-order chi connectivity index (χ1) is 14.3. The molecule has 0 saturated carbocycles. The Labute approximate surface area is 173 Å². The Morgan fingerprint density at radius 2 is 1.87 bits per heavy atom. The van der Waals surface area contributed by atoms with E-state index in [2.05, 4.69) is 17.3 Å². The van der Waals surface area contributed by atoms with Gasteiger partial charge in [0.15, 0.2) is 5.69 Å². The molecule has 0 fully saturated rings. The van der Waals surface area contributed by atoms with Crippen LogP contribution in [0.15, 0.2) is 59.4 Å². The van der Waals surface area contributed by atoms with Crippen molar-refractivity contribution in [2.75, 3.05) is 0 Å². The van der Waals surface area contributed by atoms with Gasteiger partial charge in [0.2, 0.25) is 5.43 Å². The first-order valence-electron chi connectivity index (χ1n) is 9.56. The summed E-state index contributed by atoms with van der Waals surface area (Å²) in [5.41, 5.74) is 1.60. The third-order valence-electron chi connectivity index (χ3n) is 4.86. The summed E-state index contributed by atoms with van der Waals surface area (Å²) in [5.74, 6) is -0.639. The quantitative estimate of drug-likeness (QED) is 0.498. The van der Waals surface area contributed by atoms with Crippen LogP contribution >= 0.6 is 0 Å². The van der Waals surface area contributed by atoms with E-state index in [1.54, 1.807) is 19.1 Å². The number of benzene rings is 2. The zero-order valence-electron chi connectivity index (χ0n) is 17.0. The number of hydrogen-bond acceptors (Lipinski definition) is 5. The molecule has 154 valence electrons. The molecule has 1 N–H and O–H groups in total. The van der Waals surface area contributed by atoms with Crippen molar-refractivity contribution in [2.45, 2.75) is 33.2 Å². The number of rotatable bonds is 6. The van der Waals surface area contributed by atoms with Crippen LogP contribution in [0, 0.1) is 17.0 Å². The van der Waals surface area contributed by atoms with Crippen LogP contribution in [0.5, 0.6) is 0 Å².